The monoisotopic (exact) mass is 410 g/mol. The van der Waals surface area contributed by atoms with Crippen LogP contribution in [0.2, 0.25) is 30.4 Å². The van der Waals surface area contributed by atoms with Crippen molar-refractivity contribution < 1.29 is 0 Å². The molecule has 0 unspecified atom stereocenters. The minimum atomic E-state index is 0.0305. The average molecular weight is 413 g/mol. The van der Waals surface area contributed by atoms with Gasteiger partial charge in [0, 0.05) is 10.9 Å². The number of nitrogens with zero attached hydrogens (tertiary/aromatic N) is 2. The maximum absolute atomic E-state index is 6.34. The summed E-state index contributed by atoms with van der Waals surface area (Å²) in [5.41, 5.74) is 0.493. The standard InChI is InChI=1S/C14H4Cl6N2/c15-8-6-4-2-1-3-5(6)7(9(16)10(8)17)14-21-12(19)11(18)13(20)22-14/h1-4H. The Balaban J connectivity index is 2.46. The first kappa shape index (κ1) is 16.4. The van der Waals surface area contributed by atoms with Gasteiger partial charge in [0.15, 0.2) is 16.1 Å². The highest BCUT2D eigenvalue weighted by molar-refractivity contribution is 6.52. The third-order valence-electron chi connectivity index (χ3n) is 3.03. The summed E-state index contributed by atoms with van der Waals surface area (Å²) in [6, 6.07) is 7.33. The lowest BCUT2D eigenvalue weighted by Gasteiger charge is -2.12. The highest BCUT2D eigenvalue weighted by atomic mass is 35.5. The molecular formula is C14H4Cl6N2. The van der Waals surface area contributed by atoms with Gasteiger partial charge >= 0.3 is 0 Å². The van der Waals surface area contributed by atoms with E-state index >= 15 is 0 Å². The van der Waals surface area contributed by atoms with Crippen molar-refractivity contribution in [1.29, 1.82) is 0 Å². The Morgan fingerprint density at radius 1 is 0.591 bits per heavy atom. The minimum Gasteiger partial charge on any atom is -0.215 e. The Morgan fingerprint density at radius 2 is 1.14 bits per heavy atom. The fraction of sp³-hybridized carbons (Fsp3) is 0. The summed E-state index contributed by atoms with van der Waals surface area (Å²) in [5.74, 6) is 0.221. The fourth-order valence-corrected chi connectivity index (χ4v) is 3.32. The van der Waals surface area contributed by atoms with Crippen LogP contribution in [0, 0.1) is 0 Å². The van der Waals surface area contributed by atoms with Gasteiger partial charge in [0.1, 0.15) is 5.02 Å². The molecule has 0 saturated carbocycles. The van der Waals surface area contributed by atoms with Crippen molar-refractivity contribution in [3.05, 3.63) is 54.7 Å². The quantitative estimate of drug-likeness (QED) is 0.311. The van der Waals surface area contributed by atoms with Crippen LogP contribution in [-0.2, 0) is 0 Å². The topological polar surface area (TPSA) is 25.8 Å². The first-order chi connectivity index (χ1) is 10.4. The lowest BCUT2D eigenvalue weighted by molar-refractivity contribution is 1.18. The molecule has 22 heavy (non-hydrogen) atoms. The Hall–Kier alpha value is -0.480. The summed E-state index contributed by atoms with van der Waals surface area (Å²) in [4.78, 5) is 8.27. The number of fused-ring (bicyclic) bond motifs is 1. The second-order valence-corrected chi connectivity index (χ2v) is 6.53. The number of hydrogen-bond donors (Lipinski definition) is 0. The molecule has 0 atom stereocenters. The van der Waals surface area contributed by atoms with Crippen LogP contribution in [0.25, 0.3) is 22.2 Å². The van der Waals surface area contributed by atoms with Gasteiger partial charge in [-0.1, -0.05) is 93.9 Å². The van der Waals surface area contributed by atoms with Crippen LogP contribution < -0.4 is 0 Å². The second kappa shape index (κ2) is 6.20. The van der Waals surface area contributed by atoms with Gasteiger partial charge in [0.2, 0.25) is 0 Å². The van der Waals surface area contributed by atoms with Crippen LogP contribution in [0.5, 0.6) is 0 Å². The first-order valence-electron chi connectivity index (χ1n) is 5.86. The molecule has 0 amide bonds. The second-order valence-electron chi connectivity index (χ2n) is 4.31. The Bertz CT molecular complexity index is 886. The summed E-state index contributed by atoms with van der Waals surface area (Å²) < 4.78 is 0. The smallest absolute Gasteiger partial charge is 0.164 e. The zero-order valence-electron chi connectivity index (χ0n) is 10.5. The number of aromatic nitrogens is 2. The molecule has 0 fully saturated rings. The minimum absolute atomic E-state index is 0.0305. The van der Waals surface area contributed by atoms with Gasteiger partial charge in [-0.3, -0.25) is 0 Å². The molecule has 0 aliphatic heterocycles. The summed E-state index contributed by atoms with van der Waals surface area (Å²) in [5, 5.41) is 2.38. The zero-order valence-corrected chi connectivity index (χ0v) is 15.0. The molecule has 0 radical (unpaired) electrons. The molecule has 112 valence electrons. The number of benzene rings is 2. The Kier molecular flexibility index (Phi) is 4.61. The van der Waals surface area contributed by atoms with E-state index in [0.29, 0.717) is 10.6 Å². The van der Waals surface area contributed by atoms with Crippen LogP contribution >= 0.6 is 69.6 Å². The average Bonchev–Trinajstić information content (AvgIpc) is 2.50. The predicted octanol–water partition coefficient (Wildman–Crippen LogP) is 7.22. The normalized spacial score (nSPS) is 11.2. The van der Waals surface area contributed by atoms with E-state index in [1.807, 2.05) is 24.3 Å². The predicted molar refractivity (Wildman–Crippen MR) is 95.0 cm³/mol. The highest BCUT2D eigenvalue weighted by Gasteiger charge is 2.20. The number of hydrogen-bond acceptors (Lipinski definition) is 2. The molecule has 2 aromatic carbocycles. The largest absolute Gasteiger partial charge is 0.215 e. The Labute approximate surface area is 155 Å². The molecule has 0 aliphatic rings. The van der Waals surface area contributed by atoms with E-state index < -0.39 is 0 Å². The van der Waals surface area contributed by atoms with Crippen LogP contribution in [0.15, 0.2) is 24.3 Å². The van der Waals surface area contributed by atoms with E-state index in [0.717, 1.165) is 10.8 Å². The molecule has 0 N–H and O–H groups in total. The van der Waals surface area contributed by atoms with E-state index in [9.17, 15) is 0 Å². The molecule has 8 heteroatoms. The van der Waals surface area contributed by atoms with Gasteiger partial charge < -0.3 is 0 Å². The Morgan fingerprint density at radius 3 is 1.73 bits per heavy atom. The first-order valence-corrected chi connectivity index (χ1v) is 8.12. The van der Waals surface area contributed by atoms with Crippen molar-refractivity contribution in [2.24, 2.45) is 0 Å². The van der Waals surface area contributed by atoms with Crippen molar-refractivity contribution in [1.82, 2.24) is 9.97 Å². The van der Waals surface area contributed by atoms with Crippen LogP contribution in [0.4, 0.5) is 0 Å². The summed E-state index contributed by atoms with van der Waals surface area (Å²) in [7, 11) is 0. The van der Waals surface area contributed by atoms with Gasteiger partial charge in [-0.25, -0.2) is 9.97 Å². The van der Waals surface area contributed by atoms with Crippen molar-refractivity contribution in [3.63, 3.8) is 0 Å². The van der Waals surface area contributed by atoms with Crippen molar-refractivity contribution >= 4 is 80.4 Å². The van der Waals surface area contributed by atoms with Gasteiger partial charge in [0.05, 0.1) is 15.1 Å². The van der Waals surface area contributed by atoms with E-state index in [1.54, 1.807) is 0 Å². The van der Waals surface area contributed by atoms with E-state index in [4.69, 9.17) is 69.6 Å². The molecule has 0 saturated heterocycles. The lowest BCUT2D eigenvalue weighted by Crippen LogP contribution is -1.95. The third kappa shape index (κ3) is 2.62. The molecular weight excluding hydrogens is 409 g/mol. The van der Waals surface area contributed by atoms with Crippen molar-refractivity contribution in [2.45, 2.75) is 0 Å². The molecule has 2 nitrogen and oxygen atoms in total. The molecule has 0 aliphatic carbocycles. The summed E-state index contributed by atoms with van der Waals surface area (Å²) >= 11 is 36.6. The fourth-order valence-electron chi connectivity index (χ4n) is 2.06. The lowest BCUT2D eigenvalue weighted by atomic mass is 10.0. The molecule has 3 aromatic rings. The van der Waals surface area contributed by atoms with Gasteiger partial charge in [0.25, 0.3) is 0 Å². The molecule has 1 aromatic heterocycles. The molecule has 3 rings (SSSR count). The van der Waals surface area contributed by atoms with Gasteiger partial charge in [-0.15, -0.1) is 0 Å². The van der Waals surface area contributed by atoms with Gasteiger partial charge in [-0.2, -0.15) is 0 Å². The summed E-state index contributed by atoms with van der Waals surface area (Å²) in [6.45, 7) is 0. The maximum atomic E-state index is 6.34. The van der Waals surface area contributed by atoms with Crippen LogP contribution in [0.3, 0.4) is 0 Å². The van der Waals surface area contributed by atoms with E-state index in [1.165, 1.54) is 0 Å². The van der Waals surface area contributed by atoms with Crippen molar-refractivity contribution in [3.8, 4) is 11.4 Å². The van der Waals surface area contributed by atoms with E-state index in [-0.39, 0.29) is 31.2 Å². The maximum Gasteiger partial charge on any atom is 0.164 e. The van der Waals surface area contributed by atoms with E-state index in [2.05, 4.69) is 9.97 Å². The molecule has 0 bridgehead atoms. The molecule has 0 spiro atoms. The van der Waals surface area contributed by atoms with Gasteiger partial charge in [-0.05, 0) is 5.39 Å². The third-order valence-corrected chi connectivity index (χ3v) is 5.47. The number of halogens is 6. The zero-order chi connectivity index (χ0) is 16.0. The molecule has 1 heterocycles. The SMILES string of the molecule is Clc1nc(-c2c(Cl)c(Cl)c(Cl)c3ccccc23)nc(Cl)c1Cl. The summed E-state index contributed by atoms with van der Waals surface area (Å²) in [6.07, 6.45) is 0. The number of rotatable bonds is 1. The van der Waals surface area contributed by atoms with Crippen LogP contribution in [0.1, 0.15) is 0 Å². The highest BCUT2D eigenvalue weighted by Crippen LogP contribution is 2.44. The van der Waals surface area contributed by atoms with Crippen LogP contribution in [-0.4, -0.2) is 9.97 Å². The van der Waals surface area contributed by atoms with Crippen molar-refractivity contribution in [2.75, 3.05) is 0 Å².